The third-order valence-corrected chi connectivity index (χ3v) is 5.45. The van der Waals surface area contributed by atoms with Crippen molar-refractivity contribution in [3.8, 4) is 0 Å². The number of anilines is 1. The van der Waals surface area contributed by atoms with Gasteiger partial charge in [0.05, 0.1) is 0 Å². The number of likely N-dealkylation sites (tertiary alicyclic amines) is 1. The maximum atomic E-state index is 4.50. The van der Waals surface area contributed by atoms with Crippen LogP contribution in [0.1, 0.15) is 48.6 Å². The molecule has 1 aliphatic heterocycles. The average Bonchev–Trinajstić information content (AvgIpc) is 3.20. The molecule has 2 fully saturated rings. The van der Waals surface area contributed by atoms with Gasteiger partial charge in [0.25, 0.3) is 0 Å². The Hall–Kier alpha value is -2.47. The number of aromatic nitrogens is 4. The van der Waals surface area contributed by atoms with Crippen LogP contribution in [0.5, 0.6) is 0 Å². The first-order chi connectivity index (χ1) is 12.9. The molecule has 26 heavy (non-hydrogen) atoms. The Morgan fingerprint density at radius 1 is 1.04 bits per heavy atom. The Bertz CT molecular complexity index is 908. The molecule has 3 aromatic rings. The summed E-state index contributed by atoms with van der Waals surface area (Å²) in [6.07, 6.45) is 8.88. The molecular weight excluding hydrogens is 324 g/mol. The van der Waals surface area contributed by atoms with Crippen LogP contribution in [0.2, 0.25) is 0 Å². The van der Waals surface area contributed by atoms with Crippen LogP contribution >= 0.6 is 0 Å². The summed E-state index contributed by atoms with van der Waals surface area (Å²) in [5, 5.41) is 12.3. The summed E-state index contributed by atoms with van der Waals surface area (Å²) in [4.78, 5) is 7.04. The standard InChI is InChI=1S/C20H24N6/c1-2-6-17(14-25-10-3-4-11-25)16(5-1)13-22-18-20-24-23-19(15-7-8-15)26(20)12-9-21-18/h1-2,5-6,9,12,15H,3-4,7-8,10-11,13-14H2,(H,21,22). The summed E-state index contributed by atoms with van der Waals surface area (Å²) in [6.45, 7) is 4.22. The quantitative estimate of drug-likeness (QED) is 0.741. The largest absolute Gasteiger partial charge is 0.363 e. The van der Waals surface area contributed by atoms with E-state index in [0.717, 1.165) is 30.4 Å². The van der Waals surface area contributed by atoms with Crippen LogP contribution in [0.3, 0.4) is 0 Å². The molecule has 3 heterocycles. The molecule has 1 saturated carbocycles. The second-order valence-corrected chi connectivity index (χ2v) is 7.41. The van der Waals surface area contributed by atoms with Crippen molar-refractivity contribution >= 4 is 11.5 Å². The number of nitrogens with zero attached hydrogens (tertiary/aromatic N) is 5. The molecular formula is C20H24N6. The minimum atomic E-state index is 0.571. The van der Waals surface area contributed by atoms with Crippen LogP contribution in [0.25, 0.3) is 5.65 Å². The molecule has 0 unspecified atom stereocenters. The van der Waals surface area contributed by atoms with Crippen molar-refractivity contribution < 1.29 is 0 Å². The zero-order chi connectivity index (χ0) is 17.3. The van der Waals surface area contributed by atoms with Gasteiger partial charge in [-0.3, -0.25) is 9.30 Å². The first-order valence-electron chi connectivity index (χ1n) is 9.61. The lowest BCUT2D eigenvalue weighted by atomic mass is 10.1. The molecule has 0 radical (unpaired) electrons. The highest BCUT2D eigenvalue weighted by atomic mass is 15.3. The Kier molecular flexibility index (Phi) is 4.05. The van der Waals surface area contributed by atoms with E-state index in [-0.39, 0.29) is 0 Å². The summed E-state index contributed by atoms with van der Waals surface area (Å²) < 4.78 is 2.09. The number of hydrogen-bond acceptors (Lipinski definition) is 5. The normalized spacial score (nSPS) is 17.8. The van der Waals surface area contributed by atoms with E-state index in [9.17, 15) is 0 Å². The van der Waals surface area contributed by atoms with Crippen LogP contribution < -0.4 is 5.32 Å². The van der Waals surface area contributed by atoms with Gasteiger partial charge in [-0.1, -0.05) is 24.3 Å². The lowest BCUT2D eigenvalue weighted by Crippen LogP contribution is -2.19. The van der Waals surface area contributed by atoms with E-state index in [0.29, 0.717) is 5.92 Å². The molecule has 6 heteroatoms. The smallest absolute Gasteiger partial charge is 0.203 e. The van der Waals surface area contributed by atoms with E-state index in [1.165, 1.54) is 49.9 Å². The fourth-order valence-electron chi connectivity index (χ4n) is 3.83. The van der Waals surface area contributed by atoms with E-state index in [2.05, 4.69) is 54.1 Å². The van der Waals surface area contributed by atoms with Gasteiger partial charge in [-0.2, -0.15) is 0 Å². The maximum Gasteiger partial charge on any atom is 0.203 e. The molecule has 1 saturated heterocycles. The van der Waals surface area contributed by atoms with Gasteiger partial charge in [0, 0.05) is 31.4 Å². The predicted octanol–water partition coefficient (Wildman–Crippen LogP) is 3.21. The highest BCUT2D eigenvalue weighted by Gasteiger charge is 2.29. The summed E-state index contributed by atoms with van der Waals surface area (Å²) in [7, 11) is 0. The third-order valence-electron chi connectivity index (χ3n) is 5.45. The van der Waals surface area contributed by atoms with E-state index in [1.807, 2.05) is 12.4 Å². The van der Waals surface area contributed by atoms with Crippen molar-refractivity contribution in [2.75, 3.05) is 18.4 Å². The number of fused-ring (bicyclic) bond motifs is 1. The Morgan fingerprint density at radius 3 is 2.65 bits per heavy atom. The summed E-state index contributed by atoms with van der Waals surface area (Å²) in [5.41, 5.74) is 3.55. The molecule has 2 aliphatic rings. The lowest BCUT2D eigenvalue weighted by molar-refractivity contribution is 0.330. The number of nitrogens with one attached hydrogen (secondary N) is 1. The van der Waals surface area contributed by atoms with Gasteiger partial charge in [0.15, 0.2) is 5.82 Å². The minimum absolute atomic E-state index is 0.571. The number of rotatable bonds is 6. The summed E-state index contributed by atoms with van der Waals surface area (Å²) in [6, 6.07) is 8.69. The zero-order valence-electron chi connectivity index (χ0n) is 14.9. The summed E-state index contributed by atoms with van der Waals surface area (Å²) in [5.74, 6) is 2.45. The molecule has 1 aromatic carbocycles. The van der Waals surface area contributed by atoms with Crippen molar-refractivity contribution in [2.45, 2.75) is 44.7 Å². The van der Waals surface area contributed by atoms with Crippen LogP contribution in [-0.4, -0.2) is 37.6 Å². The van der Waals surface area contributed by atoms with Crippen molar-refractivity contribution in [2.24, 2.45) is 0 Å². The van der Waals surface area contributed by atoms with Crippen molar-refractivity contribution in [3.05, 3.63) is 53.6 Å². The maximum absolute atomic E-state index is 4.50. The molecule has 0 spiro atoms. The van der Waals surface area contributed by atoms with E-state index < -0.39 is 0 Å². The molecule has 0 amide bonds. The first kappa shape index (κ1) is 15.8. The van der Waals surface area contributed by atoms with E-state index >= 15 is 0 Å². The highest BCUT2D eigenvalue weighted by molar-refractivity contribution is 5.62. The minimum Gasteiger partial charge on any atom is -0.363 e. The van der Waals surface area contributed by atoms with Crippen LogP contribution in [0.15, 0.2) is 36.7 Å². The SMILES string of the molecule is c1ccc(CN2CCCC2)c(CNc2nccn3c(C4CC4)nnc23)c1. The zero-order valence-corrected chi connectivity index (χ0v) is 14.9. The van der Waals surface area contributed by atoms with Crippen molar-refractivity contribution in [3.63, 3.8) is 0 Å². The molecule has 0 atom stereocenters. The fraction of sp³-hybridized carbons (Fsp3) is 0.450. The predicted molar refractivity (Wildman–Crippen MR) is 101 cm³/mol. The van der Waals surface area contributed by atoms with Crippen molar-refractivity contribution in [1.29, 1.82) is 0 Å². The fourth-order valence-corrected chi connectivity index (χ4v) is 3.83. The second-order valence-electron chi connectivity index (χ2n) is 7.41. The molecule has 134 valence electrons. The molecule has 2 aromatic heterocycles. The molecule has 5 rings (SSSR count). The van der Waals surface area contributed by atoms with Crippen LogP contribution in [-0.2, 0) is 13.1 Å². The number of hydrogen-bond donors (Lipinski definition) is 1. The highest BCUT2D eigenvalue weighted by Crippen LogP contribution is 2.39. The number of benzene rings is 1. The lowest BCUT2D eigenvalue weighted by Gasteiger charge is -2.18. The Morgan fingerprint density at radius 2 is 1.85 bits per heavy atom. The van der Waals surface area contributed by atoms with E-state index in [1.54, 1.807) is 0 Å². The molecule has 1 N–H and O–H groups in total. The molecule has 6 nitrogen and oxygen atoms in total. The van der Waals surface area contributed by atoms with Gasteiger partial charge in [0.1, 0.15) is 5.82 Å². The summed E-state index contributed by atoms with van der Waals surface area (Å²) >= 11 is 0. The van der Waals surface area contributed by atoms with Gasteiger partial charge in [-0.15, -0.1) is 10.2 Å². The Balaban J connectivity index is 1.36. The first-order valence-corrected chi connectivity index (χ1v) is 9.61. The Labute approximate surface area is 153 Å². The van der Waals surface area contributed by atoms with E-state index in [4.69, 9.17) is 0 Å². The average molecular weight is 348 g/mol. The third kappa shape index (κ3) is 3.05. The van der Waals surface area contributed by atoms with Gasteiger partial charge in [-0.25, -0.2) is 4.98 Å². The molecule has 0 bridgehead atoms. The van der Waals surface area contributed by atoms with Gasteiger partial charge in [0.2, 0.25) is 5.65 Å². The van der Waals surface area contributed by atoms with Gasteiger partial charge in [-0.05, 0) is 49.9 Å². The molecule has 1 aliphatic carbocycles. The monoisotopic (exact) mass is 348 g/mol. The van der Waals surface area contributed by atoms with Crippen molar-refractivity contribution in [1.82, 2.24) is 24.5 Å². The van der Waals surface area contributed by atoms with Crippen LogP contribution in [0, 0.1) is 0 Å². The van der Waals surface area contributed by atoms with Gasteiger partial charge >= 0.3 is 0 Å². The second kappa shape index (κ2) is 6.68. The van der Waals surface area contributed by atoms with Crippen LogP contribution in [0.4, 0.5) is 5.82 Å². The van der Waals surface area contributed by atoms with Gasteiger partial charge < -0.3 is 5.32 Å². The topological polar surface area (TPSA) is 58.4 Å².